The summed E-state index contributed by atoms with van der Waals surface area (Å²) in [6, 6.07) is 6.73. The third kappa shape index (κ3) is 3.55. The van der Waals surface area contributed by atoms with Crippen LogP contribution in [0, 0.1) is 17.8 Å². The monoisotopic (exact) mass is 529 g/mol. The quantitative estimate of drug-likeness (QED) is 0.307. The van der Waals surface area contributed by atoms with Crippen molar-refractivity contribution < 1.29 is 43.7 Å². The molecular weight excluding hydrogens is 506 g/mol. The number of ketones is 2. The number of anilines is 1. The molecule has 0 radical (unpaired) electrons. The number of hydrogen-bond acceptors (Lipinski definition) is 8. The van der Waals surface area contributed by atoms with Gasteiger partial charge >= 0.3 is 5.97 Å². The molecule has 1 aromatic carbocycles. The number of imide groups is 1. The number of aliphatic hydroxyl groups is 1. The summed E-state index contributed by atoms with van der Waals surface area (Å²) in [5.41, 5.74) is 1.27. The number of hydrogen-bond donors (Lipinski definition) is 3. The molecule has 1 aliphatic heterocycles. The lowest BCUT2D eigenvalue weighted by atomic mass is 9.60. The Hall–Kier alpha value is -4.57. The maximum absolute atomic E-state index is 13.8. The molecule has 0 spiro atoms. The Labute approximate surface area is 221 Å². The number of phenols is 1. The molecule has 0 saturated carbocycles. The Bertz CT molecular complexity index is 1600. The first-order valence-corrected chi connectivity index (χ1v) is 12.5. The number of nitrogens with zero attached hydrogens (tertiary/aromatic N) is 1. The molecule has 4 unspecified atom stereocenters. The summed E-state index contributed by atoms with van der Waals surface area (Å²) in [4.78, 5) is 66.0. The van der Waals surface area contributed by atoms with Gasteiger partial charge in [-0.2, -0.15) is 0 Å². The highest BCUT2D eigenvalue weighted by Gasteiger charge is 2.57. The first kappa shape index (κ1) is 24.7. The number of carbonyl (C=O) groups is 5. The van der Waals surface area contributed by atoms with Gasteiger partial charge in [-0.05, 0) is 56.0 Å². The highest BCUT2D eigenvalue weighted by Crippen LogP contribution is 2.55. The second-order valence-electron chi connectivity index (χ2n) is 10.2. The van der Waals surface area contributed by atoms with Gasteiger partial charge in [0.1, 0.15) is 29.4 Å². The highest BCUT2D eigenvalue weighted by molar-refractivity contribution is 6.25. The van der Waals surface area contributed by atoms with Crippen molar-refractivity contribution in [2.75, 3.05) is 4.90 Å². The van der Waals surface area contributed by atoms with Crippen LogP contribution in [0.2, 0.25) is 0 Å². The average molecular weight is 530 g/mol. The van der Waals surface area contributed by atoms with Gasteiger partial charge in [0.2, 0.25) is 11.8 Å². The topological polar surface area (TPSA) is 162 Å². The predicted molar refractivity (Wildman–Crippen MR) is 134 cm³/mol. The van der Waals surface area contributed by atoms with E-state index in [1.807, 2.05) is 6.08 Å². The lowest BCUT2D eigenvalue weighted by molar-refractivity contribution is -0.123. The Kier molecular flexibility index (Phi) is 5.55. The molecule has 1 fully saturated rings. The van der Waals surface area contributed by atoms with E-state index < -0.39 is 47.2 Å². The summed E-state index contributed by atoms with van der Waals surface area (Å²) in [5.74, 6) is -5.80. The van der Waals surface area contributed by atoms with Crippen LogP contribution in [-0.2, 0) is 25.8 Å². The molecule has 3 N–H and O–H groups in total. The Morgan fingerprint density at radius 3 is 2.51 bits per heavy atom. The van der Waals surface area contributed by atoms with Gasteiger partial charge in [0, 0.05) is 22.8 Å². The van der Waals surface area contributed by atoms with Gasteiger partial charge in [-0.1, -0.05) is 11.6 Å². The number of furan rings is 1. The number of allylic oxidation sites excluding steroid dienone is 6. The number of benzene rings is 1. The first-order chi connectivity index (χ1) is 18.6. The smallest absolute Gasteiger partial charge is 0.339 e. The van der Waals surface area contributed by atoms with Crippen LogP contribution in [0.4, 0.5) is 5.69 Å². The standard InChI is InChI=1S/C29H23NO9/c1-12-8-20(32)19-10-18-15(24(25(19)26(12)34)22-7-3-14(11-31)39-22)5-6-17-23(18)28(36)30(27(17)35)13-2-4-16(29(37)38)21(33)9-13/h2-5,7-9,17-18,23-24,31,33H,6,10-11H2,1H3,(H,37,38). The van der Waals surface area contributed by atoms with Crippen LogP contribution >= 0.6 is 0 Å². The van der Waals surface area contributed by atoms with Crippen molar-refractivity contribution in [3.8, 4) is 5.75 Å². The van der Waals surface area contributed by atoms with Crippen molar-refractivity contribution in [2.24, 2.45) is 17.8 Å². The molecule has 10 heteroatoms. The van der Waals surface area contributed by atoms with Gasteiger partial charge in [0.25, 0.3) is 0 Å². The summed E-state index contributed by atoms with van der Waals surface area (Å²) in [7, 11) is 0. The number of amides is 2. The van der Waals surface area contributed by atoms with Crippen molar-refractivity contribution in [3.63, 3.8) is 0 Å². The maximum Gasteiger partial charge on any atom is 0.339 e. The normalized spacial score (nSPS) is 26.3. The molecule has 10 nitrogen and oxygen atoms in total. The molecule has 4 atom stereocenters. The van der Waals surface area contributed by atoms with E-state index in [9.17, 15) is 39.3 Å². The summed E-state index contributed by atoms with van der Waals surface area (Å²) in [6.45, 7) is 1.22. The highest BCUT2D eigenvalue weighted by atomic mass is 16.4. The number of Topliss-reactive ketones (excluding diaryl/α,β-unsaturated/α-hetero) is 1. The fraction of sp³-hybridized carbons (Fsp3) is 0.276. The van der Waals surface area contributed by atoms with E-state index in [4.69, 9.17) is 4.42 Å². The number of aliphatic hydroxyl groups excluding tert-OH is 1. The van der Waals surface area contributed by atoms with Gasteiger partial charge in [-0.3, -0.25) is 19.2 Å². The SMILES string of the molecule is CC1=CC(=O)C2=C(C1=O)C(c1ccc(CO)o1)C1=CCC3C(=O)N(c4ccc(C(=O)O)c(O)c4)C(=O)C3C1C2. The molecule has 6 rings (SSSR count). The maximum atomic E-state index is 13.8. The minimum absolute atomic E-state index is 0.0526. The molecule has 3 aliphatic carbocycles. The van der Waals surface area contributed by atoms with Crippen LogP contribution in [-0.4, -0.2) is 44.7 Å². The van der Waals surface area contributed by atoms with E-state index in [-0.39, 0.29) is 53.6 Å². The molecule has 2 amide bonds. The predicted octanol–water partition coefficient (Wildman–Crippen LogP) is 2.81. The fourth-order valence-corrected chi connectivity index (χ4v) is 6.42. The van der Waals surface area contributed by atoms with E-state index in [0.717, 1.165) is 17.0 Å². The lowest BCUT2D eigenvalue weighted by Gasteiger charge is -2.41. The molecule has 4 aliphatic rings. The van der Waals surface area contributed by atoms with Gasteiger partial charge in [-0.25, -0.2) is 9.69 Å². The molecule has 1 saturated heterocycles. The van der Waals surface area contributed by atoms with E-state index in [2.05, 4.69) is 0 Å². The lowest BCUT2D eigenvalue weighted by Crippen LogP contribution is -2.39. The zero-order valence-corrected chi connectivity index (χ0v) is 20.7. The van der Waals surface area contributed by atoms with E-state index in [1.54, 1.807) is 19.1 Å². The molecule has 0 bridgehead atoms. The number of aromatic hydroxyl groups is 1. The fourth-order valence-electron chi connectivity index (χ4n) is 6.42. The van der Waals surface area contributed by atoms with Crippen LogP contribution in [0.1, 0.15) is 47.6 Å². The van der Waals surface area contributed by atoms with Crippen LogP contribution in [0.15, 0.2) is 69.2 Å². The minimum atomic E-state index is -1.35. The Morgan fingerprint density at radius 1 is 1.08 bits per heavy atom. The third-order valence-corrected chi connectivity index (χ3v) is 8.16. The van der Waals surface area contributed by atoms with Gasteiger partial charge in [0.05, 0.1) is 23.4 Å². The summed E-state index contributed by atoms with van der Waals surface area (Å²) >= 11 is 0. The summed E-state index contributed by atoms with van der Waals surface area (Å²) in [6.07, 6.45) is 3.43. The number of carbonyl (C=O) groups excluding carboxylic acids is 4. The van der Waals surface area contributed by atoms with Crippen LogP contribution < -0.4 is 4.90 Å². The van der Waals surface area contributed by atoms with E-state index in [1.165, 1.54) is 12.1 Å². The third-order valence-electron chi connectivity index (χ3n) is 8.16. The molecule has 198 valence electrons. The molecule has 39 heavy (non-hydrogen) atoms. The number of rotatable bonds is 4. The second-order valence-corrected chi connectivity index (χ2v) is 10.2. The number of carboxylic acids is 1. The zero-order chi connectivity index (χ0) is 27.7. The molecule has 2 aromatic rings. The van der Waals surface area contributed by atoms with Crippen molar-refractivity contribution in [1.29, 1.82) is 0 Å². The van der Waals surface area contributed by atoms with E-state index >= 15 is 0 Å². The summed E-state index contributed by atoms with van der Waals surface area (Å²) in [5, 5.41) is 28.9. The number of carboxylic acid groups (broad SMARTS) is 1. The Morgan fingerprint density at radius 2 is 1.85 bits per heavy atom. The largest absolute Gasteiger partial charge is 0.507 e. The summed E-state index contributed by atoms with van der Waals surface area (Å²) < 4.78 is 5.84. The molecule has 1 aromatic heterocycles. The Balaban J connectivity index is 1.44. The van der Waals surface area contributed by atoms with Gasteiger partial charge in [-0.15, -0.1) is 0 Å². The van der Waals surface area contributed by atoms with E-state index in [0.29, 0.717) is 22.5 Å². The van der Waals surface area contributed by atoms with Gasteiger partial charge in [0.15, 0.2) is 11.6 Å². The second kappa shape index (κ2) is 8.74. The van der Waals surface area contributed by atoms with Crippen molar-refractivity contribution in [1.82, 2.24) is 0 Å². The van der Waals surface area contributed by atoms with Crippen LogP contribution in [0.3, 0.4) is 0 Å². The van der Waals surface area contributed by atoms with Gasteiger partial charge < -0.3 is 19.7 Å². The van der Waals surface area contributed by atoms with Crippen molar-refractivity contribution in [3.05, 3.63) is 81.9 Å². The average Bonchev–Trinajstić information content (AvgIpc) is 3.48. The van der Waals surface area contributed by atoms with Crippen molar-refractivity contribution >= 4 is 35.0 Å². The number of aromatic carboxylic acids is 1. The van der Waals surface area contributed by atoms with Crippen LogP contribution in [0.5, 0.6) is 5.75 Å². The van der Waals surface area contributed by atoms with Crippen molar-refractivity contribution in [2.45, 2.75) is 32.3 Å². The minimum Gasteiger partial charge on any atom is -0.507 e. The molecular formula is C29H23NO9. The first-order valence-electron chi connectivity index (χ1n) is 12.5. The molecule has 2 heterocycles. The number of fused-ring (bicyclic) bond motifs is 3. The van der Waals surface area contributed by atoms with Crippen LogP contribution in [0.25, 0.3) is 0 Å². The zero-order valence-electron chi connectivity index (χ0n) is 20.7.